The van der Waals surface area contributed by atoms with Gasteiger partial charge in [0.2, 0.25) is 0 Å². The number of aliphatic hydroxyl groups excluding tert-OH is 1. The SMILES string of the molecule is O[C@H]1CCC[C@@H]1Nc1cc(F)ccc1F. The van der Waals surface area contributed by atoms with Crippen LogP contribution in [0, 0.1) is 11.6 Å². The number of rotatable bonds is 2. The molecule has 15 heavy (non-hydrogen) atoms. The lowest BCUT2D eigenvalue weighted by Gasteiger charge is -2.18. The summed E-state index contributed by atoms with van der Waals surface area (Å²) in [6, 6.07) is 3.10. The Morgan fingerprint density at radius 2 is 2.07 bits per heavy atom. The van der Waals surface area contributed by atoms with Crippen LogP contribution >= 0.6 is 0 Å². The largest absolute Gasteiger partial charge is 0.391 e. The summed E-state index contributed by atoms with van der Waals surface area (Å²) in [6.45, 7) is 0. The number of hydrogen-bond donors (Lipinski definition) is 2. The fourth-order valence-corrected chi connectivity index (χ4v) is 1.92. The van der Waals surface area contributed by atoms with Gasteiger partial charge in [0.05, 0.1) is 17.8 Å². The molecule has 0 heterocycles. The van der Waals surface area contributed by atoms with Gasteiger partial charge in [-0.3, -0.25) is 0 Å². The zero-order valence-electron chi connectivity index (χ0n) is 8.21. The fraction of sp³-hybridized carbons (Fsp3) is 0.455. The van der Waals surface area contributed by atoms with Gasteiger partial charge in [-0.25, -0.2) is 8.78 Å². The third-order valence-electron chi connectivity index (χ3n) is 2.75. The van der Waals surface area contributed by atoms with E-state index >= 15 is 0 Å². The third kappa shape index (κ3) is 2.26. The lowest BCUT2D eigenvalue weighted by atomic mass is 10.2. The molecule has 0 saturated heterocycles. The standard InChI is InChI=1S/C11H13F2NO/c12-7-4-5-8(13)10(6-7)14-9-2-1-3-11(9)15/h4-6,9,11,14-15H,1-3H2/t9-,11-/m0/s1. The van der Waals surface area contributed by atoms with Gasteiger partial charge < -0.3 is 10.4 Å². The third-order valence-corrected chi connectivity index (χ3v) is 2.75. The highest BCUT2D eigenvalue weighted by molar-refractivity contribution is 5.46. The molecule has 0 bridgehead atoms. The van der Waals surface area contributed by atoms with Gasteiger partial charge >= 0.3 is 0 Å². The van der Waals surface area contributed by atoms with Crippen LogP contribution in [0.1, 0.15) is 19.3 Å². The molecule has 0 aromatic heterocycles. The van der Waals surface area contributed by atoms with Crippen LogP contribution in [0.25, 0.3) is 0 Å². The molecule has 0 spiro atoms. The number of nitrogens with one attached hydrogen (secondary N) is 1. The number of aliphatic hydroxyl groups is 1. The first-order valence-corrected chi connectivity index (χ1v) is 5.06. The Balaban J connectivity index is 2.12. The van der Waals surface area contributed by atoms with Gasteiger partial charge in [-0.15, -0.1) is 0 Å². The van der Waals surface area contributed by atoms with E-state index in [1.54, 1.807) is 0 Å². The summed E-state index contributed by atoms with van der Waals surface area (Å²) in [4.78, 5) is 0. The van der Waals surface area contributed by atoms with Crippen LogP contribution in [0.3, 0.4) is 0 Å². The highest BCUT2D eigenvalue weighted by Crippen LogP contribution is 2.24. The topological polar surface area (TPSA) is 32.3 Å². The average molecular weight is 213 g/mol. The van der Waals surface area contributed by atoms with Gasteiger partial charge in [0.15, 0.2) is 0 Å². The minimum absolute atomic E-state index is 0.126. The van der Waals surface area contributed by atoms with Crippen molar-refractivity contribution in [3.05, 3.63) is 29.8 Å². The Hall–Kier alpha value is -1.16. The van der Waals surface area contributed by atoms with Gasteiger partial charge in [-0.1, -0.05) is 0 Å². The molecule has 1 aromatic rings. The lowest BCUT2D eigenvalue weighted by Crippen LogP contribution is -2.28. The second-order valence-electron chi connectivity index (χ2n) is 3.87. The minimum Gasteiger partial charge on any atom is -0.391 e. The maximum atomic E-state index is 13.2. The van der Waals surface area contributed by atoms with E-state index in [4.69, 9.17) is 0 Å². The average Bonchev–Trinajstić information content (AvgIpc) is 2.58. The summed E-state index contributed by atoms with van der Waals surface area (Å²) in [5.41, 5.74) is 0.126. The second-order valence-corrected chi connectivity index (χ2v) is 3.87. The first kappa shape index (κ1) is 10.4. The maximum Gasteiger partial charge on any atom is 0.146 e. The van der Waals surface area contributed by atoms with Crippen molar-refractivity contribution >= 4 is 5.69 Å². The molecule has 0 unspecified atom stereocenters. The summed E-state index contributed by atoms with van der Waals surface area (Å²) < 4.78 is 26.1. The molecular weight excluding hydrogens is 200 g/mol. The van der Waals surface area contributed by atoms with Crippen molar-refractivity contribution in [3.63, 3.8) is 0 Å². The minimum atomic E-state index is -0.490. The smallest absolute Gasteiger partial charge is 0.146 e. The van der Waals surface area contributed by atoms with Crippen molar-refractivity contribution in [2.45, 2.75) is 31.4 Å². The summed E-state index contributed by atoms with van der Waals surface area (Å²) in [6.07, 6.45) is 1.95. The quantitative estimate of drug-likeness (QED) is 0.790. The highest BCUT2D eigenvalue weighted by Gasteiger charge is 2.25. The van der Waals surface area contributed by atoms with Crippen molar-refractivity contribution in [1.82, 2.24) is 0 Å². The van der Waals surface area contributed by atoms with Gasteiger partial charge in [0, 0.05) is 0 Å². The van der Waals surface area contributed by atoms with Crippen LogP contribution < -0.4 is 5.32 Å². The molecule has 1 fully saturated rings. The van der Waals surface area contributed by atoms with Gasteiger partial charge in [-0.05, 0) is 37.5 Å². The Labute approximate surface area is 86.9 Å². The molecule has 2 N–H and O–H groups in total. The van der Waals surface area contributed by atoms with Crippen molar-refractivity contribution in [2.75, 3.05) is 5.32 Å². The Morgan fingerprint density at radius 3 is 2.73 bits per heavy atom. The predicted octanol–water partition coefficient (Wildman–Crippen LogP) is 2.29. The summed E-state index contributed by atoms with van der Waals surface area (Å²) in [5, 5.41) is 12.4. The van der Waals surface area contributed by atoms with Crippen LogP contribution in [-0.2, 0) is 0 Å². The van der Waals surface area contributed by atoms with E-state index in [9.17, 15) is 13.9 Å². The predicted molar refractivity (Wildman–Crippen MR) is 53.6 cm³/mol. The number of anilines is 1. The van der Waals surface area contributed by atoms with E-state index in [0.29, 0.717) is 6.42 Å². The molecule has 1 aromatic carbocycles. The van der Waals surface area contributed by atoms with Crippen LogP contribution in [-0.4, -0.2) is 17.3 Å². The molecule has 0 radical (unpaired) electrons. The van der Waals surface area contributed by atoms with Crippen LogP contribution in [0.15, 0.2) is 18.2 Å². The monoisotopic (exact) mass is 213 g/mol. The first-order valence-electron chi connectivity index (χ1n) is 5.06. The first-order chi connectivity index (χ1) is 7.16. The number of halogens is 2. The lowest BCUT2D eigenvalue weighted by molar-refractivity contribution is 0.171. The van der Waals surface area contributed by atoms with Crippen molar-refractivity contribution in [2.24, 2.45) is 0 Å². The van der Waals surface area contributed by atoms with Crippen molar-refractivity contribution in [3.8, 4) is 0 Å². The molecular formula is C11H13F2NO. The molecule has 2 nitrogen and oxygen atoms in total. The van der Waals surface area contributed by atoms with E-state index in [1.165, 1.54) is 0 Å². The molecule has 0 amide bonds. The highest BCUT2D eigenvalue weighted by atomic mass is 19.1. The molecule has 1 aliphatic carbocycles. The zero-order valence-corrected chi connectivity index (χ0v) is 8.21. The van der Waals surface area contributed by atoms with E-state index in [-0.39, 0.29) is 11.7 Å². The second kappa shape index (κ2) is 4.14. The van der Waals surface area contributed by atoms with E-state index in [0.717, 1.165) is 31.0 Å². The van der Waals surface area contributed by atoms with E-state index in [2.05, 4.69) is 5.32 Å². The fourth-order valence-electron chi connectivity index (χ4n) is 1.92. The molecule has 82 valence electrons. The van der Waals surface area contributed by atoms with Gasteiger partial charge in [0.1, 0.15) is 11.6 Å². The summed E-state index contributed by atoms with van der Waals surface area (Å²) in [7, 11) is 0. The van der Waals surface area contributed by atoms with Crippen LogP contribution in [0.2, 0.25) is 0 Å². The Morgan fingerprint density at radius 1 is 1.27 bits per heavy atom. The summed E-state index contributed by atoms with van der Waals surface area (Å²) in [5.74, 6) is -0.970. The number of hydrogen-bond acceptors (Lipinski definition) is 2. The Kier molecular flexibility index (Phi) is 2.86. The van der Waals surface area contributed by atoms with Crippen molar-refractivity contribution < 1.29 is 13.9 Å². The molecule has 1 saturated carbocycles. The van der Waals surface area contributed by atoms with Crippen LogP contribution in [0.4, 0.5) is 14.5 Å². The molecule has 1 aliphatic rings. The molecule has 0 aliphatic heterocycles. The Bertz CT molecular complexity index is 356. The van der Waals surface area contributed by atoms with Crippen molar-refractivity contribution in [1.29, 1.82) is 0 Å². The number of benzene rings is 1. The van der Waals surface area contributed by atoms with E-state index < -0.39 is 17.7 Å². The van der Waals surface area contributed by atoms with Crippen LogP contribution in [0.5, 0.6) is 0 Å². The summed E-state index contributed by atoms with van der Waals surface area (Å²) >= 11 is 0. The van der Waals surface area contributed by atoms with E-state index in [1.807, 2.05) is 0 Å². The van der Waals surface area contributed by atoms with Gasteiger partial charge in [0.25, 0.3) is 0 Å². The normalized spacial score (nSPS) is 25.5. The molecule has 2 rings (SSSR count). The zero-order chi connectivity index (χ0) is 10.8. The van der Waals surface area contributed by atoms with Gasteiger partial charge in [-0.2, -0.15) is 0 Å². The molecule has 4 heteroatoms. The maximum absolute atomic E-state index is 13.2. The molecule has 2 atom stereocenters.